The summed E-state index contributed by atoms with van der Waals surface area (Å²) < 4.78 is 13.1. The van der Waals surface area contributed by atoms with Crippen LogP contribution in [0, 0.1) is 5.92 Å². The van der Waals surface area contributed by atoms with E-state index < -0.39 is 20.3 Å². The van der Waals surface area contributed by atoms with Crippen molar-refractivity contribution in [2.45, 2.75) is 194 Å². The lowest BCUT2D eigenvalue weighted by Gasteiger charge is -2.45. The zero-order chi connectivity index (χ0) is 32.1. The molecule has 0 aliphatic carbocycles. The highest BCUT2D eigenvalue weighted by atomic mass is 28.4. The van der Waals surface area contributed by atoms with Gasteiger partial charge in [0.05, 0.1) is 12.0 Å². The number of ether oxygens (including phenoxy) is 1. The first-order valence-corrected chi connectivity index (χ1v) is 20.3. The molecule has 1 rings (SSSR count). The third kappa shape index (κ3) is 15.1. The second kappa shape index (κ2) is 23.2. The number of hydrogen-bond donors (Lipinski definition) is 1. The van der Waals surface area contributed by atoms with Gasteiger partial charge in [-0.1, -0.05) is 169 Å². The van der Waals surface area contributed by atoms with Crippen LogP contribution in [-0.4, -0.2) is 31.6 Å². The van der Waals surface area contributed by atoms with Crippen LogP contribution in [0.3, 0.4) is 0 Å². The zero-order valence-electron chi connectivity index (χ0n) is 29.5. The molecule has 0 radical (unpaired) electrons. The van der Waals surface area contributed by atoms with Gasteiger partial charge in [-0.05, 0) is 41.4 Å². The molecule has 4 nitrogen and oxygen atoms in total. The van der Waals surface area contributed by atoms with Gasteiger partial charge in [0, 0.05) is 6.10 Å². The highest BCUT2D eigenvalue weighted by Gasteiger charge is 2.47. The topological polar surface area (TPSA) is 55.8 Å². The summed E-state index contributed by atoms with van der Waals surface area (Å²) in [5.74, 6) is -0.780. The van der Waals surface area contributed by atoms with Crippen molar-refractivity contribution < 1.29 is 19.1 Å². The van der Waals surface area contributed by atoms with Crippen LogP contribution in [-0.2, 0) is 20.6 Å². The van der Waals surface area contributed by atoms with Crippen LogP contribution in [0.15, 0.2) is 30.3 Å². The number of aliphatic hydroxyl groups is 1. The molecule has 0 saturated heterocycles. The summed E-state index contributed by atoms with van der Waals surface area (Å²) in [6.45, 7) is 18.7. The first kappa shape index (κ1) is 39.9. The molecule has 0 spiro atoms. The van der Waals surface area contributed by atoms with Crippen molar-refractivity contribution in [3.05, 3.63) is 35.9 Å². The third-order valence-electron chi connectivity index (χ3n) is 9.57. The summed E-state index contributed by atoms with van der Waals surface area (Å²) in [4.78, 5) is 13.4. The van der Waals surface area contributed by atoms with Crippen LogP contribution >= 0.6 is 0 Å². The highest BCUT2D eigenvalue weighted by Crippen LogP contribution is 2.44. The van der Waals surface area contributed by atoms with Crippen LogP contribution in [0.25, 0.3) is 0 Å². The van der Waals surface area contributed by atoms with Crippen LogP contribution in [0.2, 0.25) is 16.6 Å². The number of esters is 1. The molecular formula is C38H70O4Si. The third-order valence-corrected chi connectivity index (χ3v) is 15.7. The van der Waals surface area contributed by atoms with E-state index in [0.29, 0.717) is 29.5 Å². The Morgan fingerprint density at radius 3 is 1.67 bits per heavy atom. The monoisotopic (exact) mass is 619 g/mol. The number of carbonyl (C=O) groups excluding carboxylic acids is 1. The molecule has 0 aliphatic rings. The van der Waals surface area contributed by atoms with E-state index in [2.05, 4.69) is 55.4 Å². The molecule has 1 aromatic carbocycles. The van der Waals surface area contributed by atoms with Crippen LogP contribution < -0.4 is 0 Å². The van der Waals surface area contributed by atoms with Crippen molar-refractivity contribution in [2.75, 3.05) is 0 Å². The van der Waals surface area contributed by atoms with Gasteiger partial charge in [-0.15, -0.1) is 0 Å². The van der Waals surface area contributed by atoms with Gasteiger partial charge in [0.2, 0.25) is 8.32 Å². The predicted molar refractivity (Wildman–Crippen MR) is 187 cm³/mol. The molecule has 43 heavy (non-hydrogen) atoms. The second-order valence-corrected chi connectivity index (χ2v) is 19.4. The van der Waals surface area contributed by atoms with Gasteiger partial charge in [-0.25, -0.2) is 0 Å². The number of unbranched alkanes of at least 4 members (excludes halogenated alkanes) is 11. The van der Waals surface area contributed by atoms with E-state index in [0.717, 1.165) is 44.1 Å². The van der Waals surface area contributed by atoms with Gasteiger partial charge in [-0.3, -0.25) is 4.79 Å². The van der Waals surface area contributed by atoms with Gasteiger partial charge < -0.3 is 14.3 Å². The lowest BCUT2D eigenvalue weighted by Crippen LogP contribution is -2.51. The molecule has 0 aliphatic heterocycles. The molecule has 0 saturated carbocycles. The Balaban J connectivity index is 3.01. The fourth-order valence-corrected chi connectivity index (χ4v) is 12.7. The minimum absolute atomic E-state index is 0.0292. The van der Waals surface area contributed by atoms with Gasteiger partial charge in [0.1, 0.15) is 6.61 Å². The van der Waals surface area contributed by atoms with E-state index in [9.17, 15) is 9.90 Å². The fraction of sp³-hybridized carbons (Fsp3) is 0.816. The average molecular weight is 619 g/mol. The SMILES string of the molecule is CCCCCCCCCCCC(CC(O)C(CCCCCC)C(=O)OCc1ccccc1)O[Si](C(C)C)(C(C)C)C(C)C. The molecular weight excluding hydrogens is 549 g/mol. The van der Waals surface area contributed by atoms with E-state index >= 15 is 0 Å². The average Bonchev–Trinajstić information content (AvgIpc) is 2.97. The Labute approximate surface area is 268 Å². The van der Waals surface area contributed by atoms with Crippen LogP contribution in [0.1, 0.15) is 164 Å². The van der Waals surface area contributed by atoms with Crippen molar-refractivity contribution in [3.8, 4) is 0 Å². The zero-order valence-corrected chi connectivity index (χ0v) is 30.5. The first-order valence-electron chi connectivity index (χ1n) is 18.2. The van der Waals surface area contributed by atoms with E-state index in [1.165, 1.54) is 51.4 Å². The molecule has 1 N–H and O–H groups in total. The molecule has 0 amide bonds. The van der Waals surface area contributed by atoms with Gasteiger partial charge in [0.15, 0.2) is 0 Å². The molecule has 5 heteroatoms. The molecule has 3 atom stereocenters. The minimum atomic E-state index is -2.14. The first-order chi connectivity index (χ1) is 20.6. The molecule has 0 heterocycles. The Hall–Kier alpha value is -1.17. The van der Waals surface area contributed by atoms with E-state index in [1.54, 1.807) is 0 Å². The number of carbonyl (C=O) groups is 1. The van der Waals surface area contributed by atoms with Crippen molar-refractivity contribution in [2.24, 2.45) is 5.92 Å². The molecule has 1 aromatic rings. The lowest BCUT2D eigenvalue weighted by atomic mass is 9.90. The maximum Gasteiger partial charge on any atom is 0.311 e. The largest absolute Gasteiger partial charge is 0.461 e. The number of benzene rings is 1. The molecule has 0 aromatic heterocycles. The normalized spacial score (nSPS) is 14.4. The van der Waals surface area contributed by atoms with Crippen molar-refractivity contribution in [1.29, 1.82) is 0 Å². The quantitative estimate of drug-likeness (QED) is 0.0637. The van der Waals surface area contributed by atoms with Crippen LogP contribution in [0.4, 0.5) is 0 Å². The predicted octanol–water partition coefficient (Wildman–Crippen LogP) is 11.5. The van der Waals surface area contributed by atoms with E-state index in [-0.39, 0.29) is 18.7 Å². The Morgan fingerprint density at radius 1 is 0.698 bits per heavy atom. The minimum Gasteiger partial charge on any atom is -0.461 e. The van der Waals surface area contributed by atoms with E-state index in [4.69, 9.17) is 9.16 Å². The number of aliphatic hydroxyl groups excluding tert-OH is 1. The smallest absolute Gasteiger partial charge is 0.311 e. The van der Waals surface area contributed by atoms with Gasteiger partial charge >= 0.3 is 5.97 Å². The van der Waals surface area contributed by atoms with Crippen molar-refractivity contribution in [3.63, 3.8) is 0 Å². The van der Waals surface area contributed by atoms with Crippen molar-refractivity contribution >= 4 is 14.3 Å². The summed E-state index contributed by atoms with van der Waals surface area (Å²) in [5, 5.41) is 11.7. The summed E-state index contributed by atoms with van der Waals surface area (Å²) in [5.41, 5.74) is 2.42. The lowest BCUT2D eigenvalue weighted by molar-refractivity contribution is -0.155. The Kier molecular flexibility index (Phi) is 21.5. The van der Waals surface area contributed by atoms with Gasteiger partial charge in [-0.2, -0.15) is 0 Å². The summed E-state index contributed by atoms with van der Waals surface area (Å²) in [6.07, 6.45) is 17.3. The standard InChI is InChI=1S/C38H70O4Si/c1-9-11-13-15-16-17-18-19-23-27-35(42-43(31(3)4,32(5)6)33(7)8)29-37(39)36(28-24-14-12-10-2)38(40)41-30-34-25-21-20-22-26-34/h20-22,25-26,31-33,35-37,39H,9-19,23-24,27-30H2,1-8H3. The second-order valence-electron chi connectivity index (χ2n) is 14.0. The number of hydrogen-bond acceptors (Lipinski definition) is 4. The Bertz CT molecular complexity index is 788. The Morgan fingerprint density at radius 2 is 1.16 bits per heavy atom. The summed E-state index contributed by atoms with van der Waals surface area (Å²) in [7, 11) is -2.14. The number of rotatable bonds is 26. The summed E-state index contributed by atoms with van der Waals surface area (Å²) in [6, 6.07) is 9.84. The molecule has 0 bridgehead atoms. The molecule has 0 fully saturated rings. The van der Waals surface area contributed by atoms with Crippen molar-refractivity contribution in [1.82, 2.24) is 0 Å². The molecule has 250 valence electrons. The maximum atomic E-state index is 13.4. The molecule has 3 unspecified atom stereocenters. The van der Waals surface area contributed by atoms with E-state index in [1.807, 2.05) is 30.3 Å². The van der Waals surface area contributed by atoms with Gasteiger partial charge in [0.25, 0.3) is 0 Å². The summed E-state index contributed by atoms with van der Waals surface area (Å²) >= 11 is 0. The maximum absolute atomic E-state index is 13.4. The van der Waals surface area contributed by atoms with Crippen LogP contribution in [0.5, 0.6) is 0 Å². The fourth-order valence-electron chi connectivity index (χ4n) is 7.13. The highest BCUT2D eigenvalue weighted by molar-refractivity contribution is 6.77.